The Morgan fingerprint density at radius 1 is 1.18 bits per heavy atom. The van der Waals surface area contributed by atoms with Crippen molar-refractivity contribution in [1.29, 1.82) is 0 Å². The smallest absolute Gasteiger partial charge is 0.147 e. The van der Waals surface area contributed by atoms with E-state index in [0.717, 1.165) is 43.5 Å². The van der Waals surface area contributed by atoms with Crippen LogP contribution in [0.3, 0.4) is 0 Å². The number of aliphatic hydroxyl groups excluding tert-OH is 1. The molecular formula is C29H38ClNO3. The number of Topliss-reactive ketones (excluding diaryl/α,β-unsaturated/α-hetero) is 1. The first-order chi connectivity index (χ1) is 15.9. The third-order valence-electron chi connectivity index (χ3n) is 9.23. The highest BCUT2D eigenvalue weighted by Crippen LogP contribution is 2.60. The summed E-state index contributed by atoms with van der Waals surface area (Å²) >= 11 is 0. The molecule has 0 saturated heterocycles. The Bertz CT molecular complexity index is 1010. The molecule has 184 valence electrons. The van der Waals surface area contributed by atoms with Gasteiger partial charge in [0.2, 0.25) is 0 Å². The number of aryl methyl sites for hydroxylation is 1. The molecule has 0 amide bonds. The Labute approximate surface area is 209 Å². The van der Waals surface area contributed by atoms with Crippen molar-refractivity contribution >= 4 is 5.78 Å². The summed E-state index contributed by atoms with van der Waals surface area (Å²) in [6.07, 6.45) is 4.87. The van der Waals surface area contributed by atoms with Crippen LogP contribution >= 0.6 is 0 Å². The number of carbonyl (C=O) groups excluding carboxylic acids is 1. The first kappa shape index (κ1) is 25.2. The van der Waals surface area contributed by atoms with Crippen LogP contribution < -0.4 is 22.5 Å². The van der Waals surface area contributed by atoms with Crippen molar-refractivity contribution in [3.05, 3.63) is 65.2 Å². The largest absolute Gasteiger partial charge is 1.00 e. The van der Waals surface area contributed by atoms with Crippen molar-refractivity contribution in [2.24, 2.45) is 23.2 Å². The second-order valence-electron chi connectivity index (χ2n) is 10.9. The van der Waals surface area contributed by atoms with E-state index in [0.29, 0.717) is 23.5 Å². The Kier molecular flexibility index (Phi) is 7.42. The van der Waals surface area contributed by atoms with Gasteiger partial charge in [0.25, 0.3) is 0 Å². The van der Waals surface area contributed by atoms with E-state index in [1.165, 1.54) is 17.5 Å². The summed E-state index contributed by atoms with van der Waals surface area (Å²) in [5, 5.41) is 12.9. The lowest BCUT2D eigenvalue weighted by Crippen LogP contribution is -3.00. The van der Waals surface area contributed by atoms with E-state index in [2.05, 4.69) is 37.4 Å². The Hall–Kier alpha value is -1.88. The van der Waals surface area contributed by atoms with Crippen LogP contribution in [0, 0.1) is 23.2 Å². The zero-order valence-electron chi connectivity index (χ0n) is 20.5. The van der Waals surface area contributed by atoms with E-state index < -0.39 is 6.10 Å². The van der Waals surface area contributed by atoms with Gasteiger partial charge in [0, 0.05) is 5.41 Å². The molecule has 3 aliphatic carbocycles. The summed E-state index contributed by atoms with van der Waals surface area (Å²) in [5.74, 6) is 3.18. The Morgan fingerprint density at radius 2 is 1.94 bits per heavy atom. The Balaban J connectivity index is 0.00000274. The van der Waals surface area contributed by atoms with Crippen LogP contribution in [0.1, 0.15) is 68.2 Å². The van der Waals surface area contributed by atoms with Crippen molar-refractivity contribution in [2.45, 2.75) is 64.0 Å². The van der Waals surface area contributed by atoms with Gasteiger partial charge in [-0.1, -0.05) is 43.3 Å². The van der Waals surface area contributed by atoms with Crippen LogP contribution in [-0.4, -0.2) is 30.6 Å². The number of hydrogen-bond acceptors (Lipinski definition) is 3. The molecule has 0 spiro atoms. The quantitative estimate of drug-likeness (QED) is 0.645. The molecule has 3 N–H and O–H groups in total. The number of methoxy groups -OCH3 is 1. The first-order valence-corrected chi connectivity index (χ1v) is 12.7. The topological polar surface area (TPSA) is 63.1 Å². The monoisotopic (exact) mass is 483 g/mol. The summed E-state index contributed by atoms with van der Waals surface area (Å²) in [6.45, 7) is 5.09. The molecule has 2 saturated carbocycles. The third-order valence-corrected chi connectivity index (χ3v) is 9.23. The van der Waals surface area contributed by atoms with Gasteiger partial charge < -0.3 is 27.6 Å². The number of carbonyl (C=O) groups is 1. The number of halogens is 1. The minimum Gasteiger partial charge on any atom is -1.00 e. The van der Waals surface area contributed by atoms with Gasteiger partial charge in [-0.3, -0.25) is 4.79 Å². The standard InChI is InChI=1S/C29H37NO3.ClH/c1-18(27(31)19-7-5-4-6-8-19)30-17-21-16-26-25-11-9-20-15-22(33-3)10-12-23(20)24(25)13-14-29(26,2)28(21)32;/h4-8,10,12,15,18,21,24-27,30-31H,9,11,13-14,16-17H2,1-3H3;1H. The fourth-order valence-corrected chi connectivity index (χ4v) is 7.29. The molecule has 2 aromatic rings. The molecule has 3 aliphatic rings. The molecule has 0 radical (unpaired) electrons. The number of ether oxygens (including phenoxy) is 1. The highest BCUT2D eigenvalue weighted by Gasteiger charge is 2.58. The van der Waals surface area contributed by atoms with Crippen LogP contribution in [0.4, 0.5) is 0 Å². The van der Waals surface area contributed by atoms with Crippen molar-refractivity contribution < 1.29 is 32.4 Å². The molecule has 0 heterocycles. The molecule has 34 heavy (non-hydrogen) atoms. The number of nitrogens with two attached hydrogens (primary N) is 1. The number of ketones is 1. The molecule has 0 aliphatic heterocycles. The minimum atomic E-state index is -0.517. The van der Waals surface area contributed by atoms with E-state index >= 15 is 0 Å². The molecule has 5 heteroatoms. The zero-order valence-corrected chi connectivity index (χ0v) is 21.3. The number of hydrogen-bond donors (Lipinski definition) is 2. The number of aliphatic hydroxyl groups is 1. The van der Waals surface area contributed by atoms with Gasteiger partial charge >= 0.3 is 0 Å². The predicted molar refractivity (Wildman–Crippen MR) is 129 cm³/mol. The van der Waals surface area contributed by atoms with Crippen LogP contribution in [0.15, 0.2) is 48.5 Å². The average Bonchev–Trinajstić information content (AvgIpc) is 3.12. The molecular weight excluding hydrogens is 446 g/mol. The summed E-state index contributed by atoms with van der Waals surface area (Å²) < 4.78 is 5.45. The lowest BCUT2D eigenvalue weighted by molar-refractivity contribution is -0.697. The maximum Gasteiger partial charge on any atom is 0.147 e. The van der Waals surface area contributed by atoms with Gasteiger partial charge in [0.1, 0.15) is 23.7 Å². The molecule has 0 bridgehead atoms. The highest BCUT2D eigenvalue weighted by molar-refractivity contribution is 5.89. The number of benzene rings is 2. The first-order valence-electron chi connectivity index (χ1n) is 12.7. The summed E-state index contributed by atoms with van der Waals surface area (Å²) in [6, 6.07) is 16.5. The van der Waals surface area contributed by atoms with Crippen LogP contribution in [0.2, 0.25) is 0 Å². The van der Waals surface area contributed by atoms with Gasteiger partial charge in [-0.2, -0.15) is 0 Å². The van der Waals surface area contributed by atoms with E-state index in [9.17, 15) is 9.90 Å². The summed E-state index contributed by atoms with van der Waals surface area (Å²) in [5.41, 5.74) is 3.71. The third kappa shape index (κ3) is 4.29. The minimum absolute atomic E-state index is 0. The van der Waals surface area contributed by atoms with Crippen molar-refractivity contribution in [3.63, 3.8) is 0 Å². The van der Waals surface area contributed by atoms with Gasteiger partial charge in [-0.05, 0) is 85.6 Å². The molecule has 0 aromatic heterocycles. The molecule has 2 fully saturated rings. The molecule has 5 rings (SSSR count). The number of quaternary nitrogens is 1. The van der Waals surface area contributed by atoms with Gasteiger partial charge in [-0.15, -0.1) is 0 Å². The summed E-state index contributed by atoms with van der Waals surface area (Å²) in [4.78, 5) is 13.6. The van der Waals surface area contributed by atoms with E-state index in [-0.39, 0.29) is 29.8 Å². The summed E-state index contributed by atoms with van der Waals surface area (Å²) in [7, 11) is 1.74. The van der Waals surface area contributed by atoms with Crippen LogP contribution in [-0.2, 0) is 11.2 Å². The average molecular weight is 484 g/mol. The van der Waals surface area contributed by atoms with Gasteiger partial charge in [0.15, 0.2) is 0 Å². The molecule has 7 atom stereocenters. The Morgan fingerprint density at radius 3 is 2.68 bits per heavy atom. The maximum atomic E-state index is 13.6. The van der Waals surface area contributed by atoms with Crippen molar-refractivity contribution in [2.75, 3.05) is 13.7 Å². The fourth-order valence-electron chi connectivity index (χ4n) is 7.29. The van der Waals surface area contributed by atoms with E-state index in [1.807, 2.05) is 30.3 Å². The van der Waals surface area contributed by atoms with Crippen molar-refractivity contribution in [3.8, 4) is 5.75 Å². The number of rotatable bonds is 6. The fraction of sp³-hybridized carbons (Fsp3) is 0.552. The van der Waals surface area contributed by atoms with Crippen LogP contribution in [0.25, 0.3) is 0 Å². The molecule has 2 aromatic carbocycles. The maximum absolute atomic E-state index is 13.6. The molecule has 7 unspecified atom stereocenters. The van der Waals surface area contributed by atoms with Crippen LogP contribution in [0.5, 0.6) is 5.75 Å². The highest BCUT2D eigenvalue weighted by atomic mass is 35.5. The van der Waals surface area contributed by atoms with E-state index in [4.69, 9.17) is 4.74 Å². The second kappa shape index (κ2) is 10.0. The normalized spacial score (nSPS) is 31.5. The predicted octanol–water partition coefficient (Wildman–Crippen LogP) is 1.04. The second-order valence-corrected chi connectivity index (χ2v) is 10.9. The van der Waals surface area contributed by atoms with Gasteiger partial charge in [0.05, 0.1) is 19.6 Å². The van der Waals surface area contributed by atoms with E-state index in [1.54, 1.807) is 7.11 Å². The van der Waals surface area contributed by atoms with Gasteiger partial charge in [-0.25, -0.2) is 0 Å². The SMILES string of the molecule is COc1ccc2c(c1)CCC1C2CCC2(C)C(=O)C(C[NH2+]C(C)C(O)c3ccccc3)CC12.[Cl-]. The number of fused-ring (bicyclic) bond motifs is 5. The lowest BCUT2D eigenvalue weighted by Gasteiger charge is -2.48. The lowest BCUT2D eigenvalue weighted by atomic mass is 9.55. The molecule has 4 nitrogen and oxygen atoms in total. The zero-order chi connectivity index (χ0) is 23.2. The van der Waals surface area contributed by atoms with Crippen molar-refractivity contribution in [1.82, 2.24) is 0 Å².